The fourth-order valence-electron chi connectivity index (χ4n) is 2.98. The molecule has 1 amide bonds. The smallest absolute Gasteiger partial charge is 0.326 e. The van der Waals surface area contributed by atoms with Gasteiger partial charge in [-0.3, -0.25) is 9.36 Å². The predicted octanol–water partition coefficient (Wildman–Crippen LogP) is 3.79. The first-order valence-electron chi connectivity index (χ1n) is 9.81. The Morgan fingerprint density at radius 1 is 1.07 bits per heavy atom. The number of unbranched alkanes of at least 4 members (excludes halogenated alkanes) is 1. The van der Waals surface area contributed by atoms with Gasteiger partial charge in [-0.2, -0.15) is 0 Å². The lowest BCUT2D eigenvalue weighted by molar-refractivity contribution is -0.141. The highest BCUT2D eigenvalue weighted by atomic mass is 32.2. The highest BCUT2D eigenvalue weighted by Gasteiger charge is 2.21. The number of thioether (sulfide) groups is 1. The van der Waals surface area contributed by atoms with Crippen molar-refractivity contribution in [1.82, 2.24) is 20.1 Å². The number of benzene rings is 2. The zero-order valence-corrected chi connectivity index (χ0v) is 17.5. The van der Waals surface area contributed by atoms with Gasteiger partial charge in [0.25, 0.3) is 0 Å². The summed E-state index contributed by atoms with van der Waals surface area (Å²) in [6, 6.07) is 18.5. The van der Waals surface area contributed by atoms with E-state index in [9.17, 15) is 14.7 Å². The number of carboxylic acids is 1. The van der Waals surface area contributed by atoms with Gasteiger partial charge in [0.15, 0.2) is 11.0 Å². The maximum absolute atomic E-state index is 12.4. The molecule has 1 aromatic heterocycles. The number of nitrogens with zero attached hydrogens (tertiary/aromatic N) is 3. The van der Waals surface area contributed by atoms with Gasteiger partial charge in [0.05, 0.1) is 5.75 Å². The molecule has 0 aliphatic heterocycles. The quantitative estimate of drug-likeness (QED) is 0.481. The first kappa shape index (κ1) is 21.6. The van der Waals surface area contributed by atoms with E-state index in [0.717, 1.165) is 24.1 Å². The fraction of sp³-hybridized carbons (Fsp3) is 0.273. The van der Waals surface area contributed by atoms with E-state index in [1.807, 2.05) is 72.2 Å². The molecule has 3 rings (SSSR count). The molecule has 2 aromatic carbocycles. The molecule has 3 aromatic rings. The van der Waals surface area contributed by atoms with Crippen molar-refractivity contribution in [2.75, 3.05) is 5.75 Å². The van der Waals surface area contributed by atoms with Crippen molar-refractivity contribution in [3.05, 3.63) is 60.7 Å². The highest BCUT2D eigenvalue weighted by molar-refractivity contribution is 7.99. The monoisotopic (exact) mass is 424 g/mol. The summed E-state index contributed by atoms with van der Waals surface area (Å²) in [5, 5.41) is 21.1. The van der Waals surface area contributed by atoms with E-state index < -0.39 is 12.0 Å². The van der Waals surface area contributed by atoms with E-state index in [2.05, 4.69) is 15.5 Å². The molecule has 0 saturated carbocycles. The van der Waals surface area contributed by atoms with Gasteiger partial charge in [0, 0.05) is 11.3 Å². The maximum Gasteiger partial charge on any atom is 0.326 e. The van der Waals surface area contributed by atoms with Crippen LogP contribution >= 0.6 is 11.8 Å². The highest BCUT2D eigenvalue weighted by Crippen LogP contribution is 2.27. The van der Waals surface area contributed by atoms with Crippen LogP contribution in [-0.4, -0.2) is 43.5 Å². The van der Waals surface area contributed by atoms with E-state index in [-0.39, 0.29) is 11.7 Å². The summed E-state index contributed by atoms with van der Waals surface area (Å²) in [6.07, 6.45) is 2.03. The van der Waals surface area contributed by atoms with Crippen molar-refractivity contribution in [3.63, 3.8) is 0 Å². The predicted molar refractivity (Wildman–Crippen MR) is 117 cm³/mol. The summed E-state index contributed by atoms with van der Waals surface area (Å²) < 4.78 is 1.90. The summed E-state index contributed by atoms with van der Waals surface area (Å²) in [6.45, 7) is 1.98. The second-order valence-corrected chi connectivity index (χ2v) is 7.67. The molecule has 0 radical (unpaired) electrons. The van der Waals surface area contributed by atoms with E-state index in [1.165, 1.54) is 11.8 Å². The van der Waals surface area contributed by atoms with Crippen molar-refractivity contribution < 1.29 is 14.7 Å². The lowest BCUT2D eigenvalue weighted by Gasteiger charge is -2.14. The van der Waals surface area contributed by atoms with Gasteiger partial charge in [0.1, 0.15) is 6.04 Å². The van der Waals surface area contributed by atoms with E-state index >= 15 is 0 Å². The minimum atomic E-state index is -1.01. The Labute approximate surface area is 179 Å². The van der Waals surface area contributed by atoms with Crippen LogP contribution < -0.4 is 5.32 Å². The lowest BCUT2D eigenvalue weighted by atomic mass is 10.1. The van der Waals surface area contributed by atoms with Crippen LogP contribution in [0.1, 0.15) is 26.2 Å². The maximum atomic E-state index is 12.4. The third kappa shape index (κ3) is 5.48. The molecule has 0 aliphatic carbocycles. The summed E-state index contributed by atoms with van der Waals surface area (Å²) in [5.41, 5.74) is 1.80. The molecule has 0 unspecified atom stereocenters. The van der Waals surface area contributed by atoms with Crippen LogP contribution in [-0.2, 0) is 9.59 Å². The number of carbonyl (C=O) groups is 2. The Balaban J connectivity index is 1.79. The molecule has 7 nitrogen and oxygen atoms in total. The Morgan fingerprint density at radius 2 is 1.73 bits per heavy atom. The summed E-state index contributed by atoms with van der Waals surface area (Å²) in [7, 11) is 0. The first-order chi connectivity index (χ1) is 14.6. The number of nitrogens with one attached hydrogen (secondary N) is 1. The normalized spacial score (nSPS) is 11.8. The molecule has 2 N–H and O–H groups in total. The Kier molecular flexibility index (Phi) is 7.62. The van der Waals surface area contributed by atoms with Crippen molar-refractivity contribution in [3.8, 4) is 17.1 Å². The van der Waals surface area contributed by atoms with Crippen molar-refractivity contribution in [1.29, 1.82) is 0 Å². The van der Waals surface area contributed by atoms with Crippen molar-refractivity contribution in [2.45, 2.75) is 37.4 Å². The zero-order valence-electron chi connectivity index (χ0n) is 16.7. The second-order valence-electron chi connectivity index (χ2n) is 6.73. The minimum Gasteiger partial charge on any atom is -0.480 e. The molecule has 0 aliphatic rings. The van der Waals surface area contributed by atoms with E-state index in [0.29, 0.717) is 17.4 Å². The third-order valence-electron chi connectivity index (χ3n) is 4.49. The fourth-order valence-corrected chi connectivity index (χ4v) is 3.74. The Hall–Kier alpha value is -3.13. The number of carbonyl (C=O) groups excluding carboxylic acids is 1. The van der Waals surface area contributed by atoms with E-state index in [4.69, 9.17) is 0 Å². The lowest BCUT2D eigenvalue weighted by Crippen LogP contribution is -2.41. The van der Waals surface area contributed by atoms with Crippen molar-refractivity contribution >= 4 is 23.6 Å². The number of para-hydroxylation sites is 1. The topological polar surface area (TPSA) is 97.1 Å². The number of carboxylic acid groups (broad SMARTS) is 1. The molecule has 0 saturated heterocycles. The van der Waals surface area contributed by atoms with Crippen LogP contribution in [0.25, 0.3) is 17.1 Å². The Bertz CT molecular complexity index is 977. The molecule has 8 heteroatoms. The molecule has 1 heterocycles. The minimum absolute atomic E-state index is 0.0513. The number of rotatable bonds is 10. The van der Waals surface area contributed by atoms with Crippen LogP contribution in [0.3, 0.4) is 0 Å². The van der Waals surface area contributed by atoms with Crippen LogP contribution in [0.5, 0.6) is 0 Å². The largest absolute Gasteiger partial charge is 0.480 e. The third-order valence-corrected chi connectivity index (χ3v) is 5.42. The molecule has 0 fully saturated rings. The molecular weight excluding hydrogens is 400 g/mol. The SMILES string of the molecule is CCCC[C@H](NC(=O)CSc1nnc(-c2ccccc2)n1-c1ccccc1)C(=O)O. The second kappa shape index (κ2) is 10.6. The molecule has 0 bridgehead atoms. The Morgan fingerprint density at radius 3 is 2.37 bits per heavy atom. The van der Waals surface area contributed by atoms with Crippen LogP contribution in [0.15, 0.2) is 65.8 Å². The number of amides is 1. The van der Waals surface area contributed by atoms with Gasteiger partial charge in [-0.1, -0.05) is 80.1 Å². The van der Waals surface area contributed by atoms with Gasteiger partial charge >= 0.3 is 5.97 Å². The standard InChI is InChI=1S/C22H24N4O3S/c1-2-3-14-18(21(28)29)23-19(27)15-30-22-25-24-20(16-10-6-4-7-11-16)26(22)17-12-8-5-9-13-17/h4-13,18H,2-3,14-15H2,1H3,(H,23,27)(H,28,29)/t18-/m0/s1. The molecule has 1 atom stereocenters. The average molecular weight is 425 g/mol. The number of hydrogen-bond acceptors (Lipinski definition) is 5. The number of aliphatic carboxylic acids is 1. The zero-order chi connectivity index (χ0) is 21.3. The number of hydrogen-bond donors (Lipinski definition) is 2. The van der Waals surface area contributed by atoms with Gasteiger partial charge in [0.2, 0.25) is 5.91 Å². The van der Waals surface area contributed by atoms with Crippen LogP contribution in [0, 0.1) is 0 Å². The summed E-state index contributed by atoms with van der Waals surface area (Å²) in [5.74, 6) is -0.626. The average Bonchev–Trinajstić information content (AvgIpc) is 3.20. The number of aromatic nitrogens is 3. The van der Waals surface area contributed by atoms with Crippen molar-refractivity contribution in [2.24, 2.45) is 0 Å². The van der Waals surface area contributed by atoms with Gasteiger partial charge in [-0.05, 0) is 18.6 Å². The molecule has 156 valence electrons. The van der Waals surface area contributed by atoms with Crippen LogP contribution in [0.4, 0.5) is 0 Å². The molecule has 0 spiro atoms. The van der Waals surface area contributed by atoms with Crippen LogP contribution in [0.2, 0.25) is 0 Å². The van der Waals surface area contributed by atoms with Gasteiger partial charge in [-0.25, -0.2) is 4.79 Å². The van der Waals surface area contributed by atoms with E-state index in [1.54, 1.807) is 0 Å². The summed E-state index contributed by atoms with van der Waals surface area (Å²) in [4.78, 5) is 23.7. The molecular formula is C22H24N4O3S. The molecule has 30 heavy (non-hydrogen) atoms. The van der Waals surface area contributed by atoms with Gasteiger partial charge < -0.3 is 10.4 Å². The first-order valence-corrected chi connectivity index (χ1v) is 10.8. The summed E-state index contributed by atoms with van der Waals surface area (Å²) >= 11 is 1.23. The van der Waals surface area contributed by atoms with Gasteiger partial charge in [-0.15, -0.1) is 10.2 Å².